The van der Waals surface area contributed by atoms with Crippen molar-refractivity contribution in [1.82, 2.24) is 0 Å². The van der Waals surface area contributed by atoms with Gasteiger partial charge in [0.05, 0.1) is 0 Å². The van der Waals surface area contributed by atoms with E-state index in [1.807, 2.05) is 18.2 Å². The van der Waals surface area contributed by atoms with E-state index >= 15 is 0 Å². The smallest absolute Gasteiger partial charge is 0.872 e. The summed E-state index contributed by atoms with van der Waals surface area (Å²) >= 11 is 0. The fraction of sp³-hybridized carbons (Fsp3) is 0. The van der Waals surface area contributed by atoms with Crippen LogP contribution in [0.3, 0.4) is 0 Å². The van der Waals surface area contributed by atoms with Crippen LogP contribution in [0.1, 0.15) is 0 Å². The van der Waals surface area contributed by atoms with Crippen LogP contribution >= 0.6 is 0 Å². The third-order valence-corrected chi connectivity index (χ3v) is 3.49. The van der Waals surface area contributed by atoms with E-state index in [9.17, 15) is 5.11 Å². The molecule has 0 aliphatic rings. The van der Waals surface area contributed by atoms with Gasteiger partial charge in [0.25, 0.3) is 0 Å². The summed E-state index contributed by atoms with van der Waals surface area (Å²) in [5, 5.41) is 18.6. The number of hydrogen-bond donors (Lipinski definition) is 0. The zero-order valence-corrected chi connectivity index (χ0v) is 10.1. The Morgan fingerprint density at radius 1 is 0.611 bits per heavy atom. The Balaban J connectivity index is 0.000001000. The molecule has 0 unspecified atom stereocenters. The molecule has 4 aromatic rings. The second-order valence-electron chi connectivity index (χ2n) is 4.42. The zero-order valence-electron chi connectivity index (χ0n) is 10.1. The maximum atomic E-state index is 11.9. The maximum absolute atomic E-state index is 11.9. The molecule has 0 fully saturated rings. The molecule has 1 nitrogen and oxygen atoms in total. The Hall–Kier alpha value is -1.68. The Kier molecular flexibility index (Phi) is 2.48. The van der Waals surface area contributed by atoms with Crippen LogP contribution in [-0.4, -0.2) is 0 Å². The molecule has 4 aromatic carbocycles. The first-order chi connectivity index (χ1) is 8.34. The van der Waals surface area contributed by atoms with Crippen LogP contribution in [0, 0.1) is 0 Å². The van der Waals surface area contributed by atoms with E-state index in [0.717, 1.165) is 16.2 Å². The van der Waals surface area contributed by atoms with Crippen molar-refractivity contribution in [3.05, 3.63) is 54.6 Å². The summed E-state index contributed by atoms with van der Waals surface area (Å²) in [5.41, 5.74) is 0. The van der Waals surface area contributed by atoms with Gasteiger partial charge in [0.15, 0.2) is 0 Å². The van der Waals surface area contributed by atoms with Gasteiger partial charge in [-0.2, -0.15) is 0 Å². The average molecular weight is 224 g/mol. The van der Waals surface area contributed by atoms with E-state index in [1.54, 1.807) is 6.07 Å². The predicted molar refractivity (Wildman–Crippen MR) is 69.6 cm³/mol. The molecule has 0 radical (unpaired) electrons. The minimum absolute atomic E-state index is 0. The molecule has 0 bridgehead atoms. The van der Waals surface area contributed by atoms with Crippen molar-refractivity contribution in [2.45, 2.75) is 0 Å². The molecule has 18 heavy (non-hydrogen) atoms. The molecule has 2 heteroatoms. The Morgan fingerprint density at radius 3 is 1.89 bits per heavy atom. The summed E-state index contributed by atoms with van der Waals surface area (Å²) in [7, 11) is 0. The summed E-state index contributed by atoms with van der Waals surface area (Å²) in [4.78, 5) is 0. The van der Waals surface area contributed by atoms with Gasteiger partial charge >= 0.3 is 18.9 Å². The average Bonchev–Trinajstić information content (AvgIpc) is 2.38. The molecule has 0 atom stereocenters. The summed E-state index contributed by atoms with van der Waals surface area (Å²) in [5.74, 6) is 0.107. The van der Waals surface area contributed by atoms with Crippen LogP contribution in [0.4, 0.5) is 0 Å². The largest absolute Gasteiger partial charge is 1.00 e. The second kappa shape index (κ2) is 3.92. The van der Waals surface area contributed by atoms with E-state index in [2.05, 4.69) is 30.3 Å². The van der Waals surface area contributed by atoms with E-state index in [1.165, 1.54) is 16.2 Å². The molecule has 0 aromatic heterocycles. The van der Waals surface area contributed by atoms with Crippen LogP contribution in [0.5, 0.6) is 5.75 Å². The summed E-state index contributed by atoms with van der Waals surface area (Å²) in [6, 6.07) is 18.0. The molecule has 0 N–H and O–H groups in total. The van der Waals surface area contributed by atoms with Crippen LogP contribution in [-0.2, 0) is 0 Å². The summed E-state index contributed by atoms with van der Waals surface area (Å²) < 4.78 is 0. The normalized spacial score (nSPS) is 11.1. The molecular weight excluding hydrogens is 215 g/mol. The van der Waals surface area contributed by atoms with Gasteiger partial charge in [-0.1, -0.05) is 54.6 Å². The molecule has 80 valence electrons. The Bertz CT molecular complexity index is 836. The third-order valence-electron chi connectivity index (χ3n) is 3.49. The molecule has 4 rings (SSSR count). The van der Waals surface area contributed by atoms with Gasteiger partial charge in [0, 0.05) is 0 Å². The van der Waals surface area contributed by atoms with Crippen molar-refractivity contribution in [2.24, 2.45) is 0 Å². The van der Waals surface area contributed by atoms with Gasteiger partial charge in [0.1, 0.15) is 0 Å². The van der Waals surface area contributed by atoms with Gasteiger partial charge < -0.3 is 5.11 Å². The van der Waals surface area contributed by atoms with E-state index < -0.39 is 0 Å². The van der Waals surface area contributed by atoms with Crippen molar-refractivity contribution >= 4 is 32.3 Å². The Morgan fingerprint density at radius 2 is 1.17 bits per heavy atom. The molecule has 0 amide bonds. The van der Waals surface area contributed by atoms with Crippen molar-refractivity contribution in [3.8, 4) is 5.75 Å². The topological polar surface area (TPSA) is 23.1 Å². The number of rotatable bonds is 0. The Labute approximate surface area is 117 Å². The van der Waals surface area contributed by atoms with Crippen LogP contribution in [0.2, 0.25) is 0 Å². The van der Waals surface area contributed by atoms with Crippen LogP contribution in [0.15, 0.2) is 54.6 Å². The first-order valence-corrected chi connectivity index (χ1v) is 5.68. The quantitative estimate of drug-likeness (QED) is 0.318. The monoisotopic (exact) mass is 224 g/mol. The minimum Gasteiger partial charge on any atom is -0.872 e. The zero-order chi connectivity index (χ0) is 11.4. The molecule has 0 aliphatic carbocycles. The van der Waals surface area contributed by atoms with Gasteiger partial charge in [-0.3, -0.25) is 0 Å². The molecule has 0 spiro atoms. The van der Waals surface area contributed by atoms with E-state index in [0.29, 0.717) is 0 Å². The maximum Gasteiger partial charge on any atom is 1.00 e. The first-order valence-electron chi connectivity index (χ1n) is 5.68. The fourth-order valence-corrected chi connectivity index (χ4v) is 2.71. The second-order valence-corrected chi connectivity index (χ2v) is 4.42. The molecular formula is C16H9LiO. The van der Waals surface area contributed by atoms with Crippen LogP contribution in [0.25, 0.3) is 32.3 Å². The standard InChI is InChI=1S/C16H10O.Li/c17-14-9-7-12-5-4-10-2-1-3-11-6-8-13(14)16(12)15(10)11;/h1-9,17H;/q;+1/p-1. The third kappa shape index (κ3) is 1.35. The SMILES string of the molecule is [Li+].[O-]c1ccc2ccc3cccc4ccc1c2c34. The van der Waals surface area contributed by atoms with E-state index in [4.69, 9.17) is 0 Å². The number of hydrogen-bond acceptors (Lipinski definition) is 1. The van der Waals surface area contributed by atoms with Gasteiger partial charge in [0.2, 0.25) is 0 Å². The van der Waals surface area contributed by atoms with Crippen molar-refractivity contribution in [2.75, 3.05) is 0 Å². The van der Waals surface area contributed by atoms with Gasteiger partial charge in [-0.25, -0.2) is 0 Å². The summed E-state index contributed by atoms with van der Waals surface area (Å²) in [6.07, 6.45) is 0. The summed E-state index contributed by atoms with van der Waals surface area (Å²) in [6.45, 7) is 0. The van der Waals surface area contributed by atoms with Crippen LogP contribution < -0.4 is 24.0 Å². The molecule has 0 aliphatic heterocycles. The number of benzene rings is 4. The molecule has 0 heterocycles. The molecule has 0 saturated heterocycles. The molecule has 0 saturated carbocycles. The fourth-order valence-electron chi connectivity index (χ4n) is 2.71. The first kappa shape index (κ1) is 11.4. The van der Waals surface area contributed by atoms with E-state index in [-0.39, 0.29) is 24.6 Å². The van der Waals surface area contributed by atoms with Crippen molar-refractivity contribution < 1.29 is 24.0 Å². The predicted octanol–water partition coefficient (Wildman–Crippen LogP) is 0.662. The van der Waals surface area contributed by atoms with Gasteiger partial charge in [-0.15, -0.1) is 5.75 Å². The van der Waals surface area contributed by atoms with Crippen molar-refractivity contribution in [1.29, 1.82) is 0 Å². The van der Waals surface area contributed by atoms with Gasteiger partial charge in [-0.05, 0) is 32.3 Å². The minimum atomic E-state index is 0. The van der Waals surface area contributed by atoms with Crippen molar-refractivity contribution in [3.63, 3.8) is 0 Å².